The average Bonchev–Trinajstić information content (AvgIpc) is 2.76. The maximum Gasteiger partial charge on any atom is 0.253 e. The summed E-state index contributed by atoms with van der Waals surface area (Å²) in [6.07, 6.45) is 0.693. The Morgan fingerprint density at radius 1 is 1.44 bits per heavy atom. The van der Waals surface area contributed by atoms with Crippen molar-refractivity contribution in [2.75, 3.05) is 26.7 Å². The minimum absolute atomic E-state index is 0.0460. The summed E-state index contributed by atoms with van der Waals surface area (Å²) < 4.78 is 0. The third-order valence-corrected chi connectivity index (χ3v) is 3.40. The van der Waals surface area contributed by atoms with Crippen molar-refractivity contribution in [3.05, 3.63) is 35.4 Å². The molecule has 1 aliphatic rings. The van der Waals surface area contributed by atoms with Gasteiger partial charge in [-0.05, 0) is 32.0 Å². The van der Waals surface area contributed by atoms with Crippen molar-refractivity contribution in [2.45, 2.75) is 18.9 Å². The van der Waals surface area contributed by atoms with E-state index in [9.17, 15) is 9.90 Å². The molecular formula is C14H20N2O2. The lowest BCUT2D eigenvalue weighted by molar-refractivity contribution is 0.0252. The lowest BCUT2D eigenvalue weighted by atomic mass is 10.0. The molecular weight excluding hydrogens is 228 g/mol. The molecule has 1 aromatic rings. The highest BCUT2D eigenvalue weighted by atomic mass is 16.3. The molecule has 98 valence electrons. The lowest BCUT2D eigenvalue weighted by Crippen LogP contribution is -2.45. The van der Waals surface area contributed by atoms with Crippen LogP contribution in [0.1, 0.15) is 22.3 Å². The average molecular weight is 248 g/mol. The summed E-state index contributed by atoms with van der Waals surface area (Å²) in [5.41, 5.74) is 1.01. The van der Waals surface area contributed by atoms with Gasteiger partial charge in [0.2, 0.25) is 0 Å². The first-order valence-corrected chi connectivity index (χ1v) is 6.25. The van der Waals surface area contributed by atoms with Gasteiger partial charge in [-0.25, -0.2) is 0 Å². The topological polar surface area (TPSA) is 52.6 Å². The molecule has 1 saturated heterocycles. The van der Waals surface area contributed by atoms with Crippen LogP contribution in [0.4, 0.5) is 0 Å². The summed E-state index contributed by atoms with van der Waals surface area (Å²) in [5, 5.41) is 13.4. The van der Waals surface area contributed by atoms with Crippen LogP contribution in [0.2, 0.25) is 0 Å². The second-order valence-electron chi connectivity index (χ2n) is 5.18. The Balaban J connectivity index is 2.02. The summed E-state index contributed by atoms with van der Waals surface area (Å²) in [6, 6.07) is 7.50. The molecule has 2 N–H and O–H groups in total. The number of rotatable bonds is 3. The van der Waals surface area contributed by atoms with Gasteiger partial charge < -0.3 is 15.3 Å². The van der Waals surface area contributed by atoms with E-state index in [2.05, 4.69) is 5.32 Å². The monoisotopic (exact) mass is 248 g/mol. The predicted octanol–water partition coefficient (Wildman–Crippen LogP) is 0.791. The van der Waals surface area contributed by atoms with E-state index in [1.54, 1.807) is 11.9 Å². The summed E-state index contributed by atoms with van der Waals surface area (Å²) in [4.78, 5) is 13.8. The predicted molar refractivity (Wildman–Crippen MR) is 70.6 cm³/mol. The molecule has 1 unspecified atom stereocenters. The number of hydrogen-bond acceptors (Lipinski definition) is 3. The first kappa shape index (κ1) is 13.1. The number of amides is 1. The number of β-amino-alcohol motifs (C(OH)–C–C–N with tert-alkyl or cyclic N) is 1. The zero-order valence-electron chi connectivity index (χ0n) is 10.9. The Labute approximate surface area is 108 Å². The quantitative estimate of drug-likeness (QED) is 0.831. The maximum atomic E-state index is 12.2. The zero-order chi connectivity index (χ0) is 13.2. The summed E-state index contributed by atoms with van der Waals surface area (Å²) in [6.45, 7) is 3.72. The van der Waals surface area contributed by atoms with E-state index in [4.69, 9.17) is 0 Å². The van der Waals surface area contributed by atoms with Gasteiger partial charge in [-0.2, -0.15) is 0 Å². The van der Waals surface area contributed by atoms with Crippen LogP contribution in [0.15, 0.2) is 24.3 Å². The molecule has 18 heavy (non-hydrogen) atoms. The normalized spacial score (nSPS) is 23.1. The molecule has 0 bridgehead atoms. The maximum absolute atomic E-state index is 12.2. The van der Waals surface area contributed by atoms with E-state index in [-0.39, 0.29) is 5.91 Å². The molecule has 4 nitrogen and oxygen atoms in total. The van der Waals surface area contributed by atoms with Crippen LogP contribution in [0, 0.1) is 6.92 Å². The minimum atomic E-state index is -0.783. The van der Waals surface area contributed by atoms with E-state index in [1.165, 1.54) is 0 Å². The number of aliphatic hydroxyl groups is 1. The van der Waals surface area contributed by atoms with Gasteiger partial charge in [0.25, 0.3) is 5.91 Å². The van der Waals surface area contributed by atoms with Gasteiger partial charge in [-0.15, -0.1) is 0 Å². The third kappa shape index (κ3) is 2.89. The van der Waals surface area contributed by atoms with Gasteiger partial charge >= 0.3 is 0 Å². The van der Waals surface area contributed by atoms with Crippen LogP contribution in [-0.2, 0) is 0 Å². The van der Waals surface area contributed by atoms with E-state index in [0.717, 1.165) is 12.1 Å². The fourth-order valence-electron chi connectivity index (χ4n) is 2.30. The molecule has 1 heterocycles. The number of carbonyl (C=O) groups excluding carboxylic acids is 1. The molecule has 1 fully saturated rings. The number of likely N-dealkylation sites (N-methyl/N-ethyl adjacent to an activating group) is 1. The number of aryl methyl sites for hydroxylation is 1. The van der Waals surface area contributed by atoms with E-state index < -0.39 is 5.60 Å². The smallest absolute Gasteiger partial charge is 0.253 e. The van der Waals surface area contributed by atoms with Gasteiger partial charge in [0, 0.05) is 19.2 Å². The highest BCUT2D eigenvalue weighted by Gasteiger charge is 2.33. The molecule has 1 aliphatic heterocycles. The van der Waals surface area contributed by atoms with Crippen molar-refractivity contribution < 1.29 is 9.90 Å². The first-order valence-electron chi connectivity index (χ1n) is 6.25. The summed E-state index contributed by atoms with van der Waals surface area (Å²) in [7, 11) is 1.73. The molecule has 0 aliphatic carbocycles. The molecule has 1 amide bonds. The van der Waals surface area contributed by atoms with Crippen LogP contribution in [0.5, 0.6) is 0 Å². The number of nitrogens with zero attached hydrogens (tertiary/aromatic N) is 1. The third-order valence-electron chi connectivity index (χ3n) is 3.40. The zero-order valence-corrected chi connectivity index (χ0v) is 10.9. The van der Waals surface area contributed by atoms with Crippen LogP contribution in [0.25, 0.3) is 0 Å². The fourth-order valence-corrected chi connectivity index (χ4v) is 2.30. The molecule has 4 heteroatoms. The molecule has 0 saturated carbocycles. The fraction of sp³-hybridized carbons (Fsp3) is 0.500. The van der Waals surface area contributed by atoms with Crippen molar-refractivity contribution in [3.8, 4) is 0 Å². The van der Waals surface area contributed by atoms with Gasteiger partial charge in [0.05, 0.1) is 12.1 Å². The Morgan fingerprint density at radius 3 is 2.67 bits per heavy atom. The molecule has 0 radical (unpaired) electrons. The minimum Gasteiger partial charge on any atom is -0.387 e. The summed E-state index contributed by atoms with van der Waals surface area (Å²) >= 11 is 0. The Hall–Kier alpha value is -1.39. The van der Waals surface area contributed by atoms with E-state index in [1.807, 2.05) is 31.2 Å². The highest BCUT2D eigenvalue weighted by Crippen LogP contribution is 2.16. The van der Waals surface area contributed by atoms with Crippen LogP contribution >= 0.6 is 0 Å². The molecule has 1 aromatic carbocycles. The van der Waals surface area contributed by atoms with Gasteiger partial charge in [0.1, 0.15) is 0 Å². The SMILES string of the molecule is Cc1ccc(C(=O)N(C)CC2(O)CCNC2)cc1. The first-order chi connectivity index (χ1) is 8.50. The second-order valence-corrected chi connectivity index (χ2v) is 5.18. The van der Waals surface area contributed by atoms with Crippen molar-refractivity contribution in [2.24, 2.45) is 0 Å². The van der Waals surface area contributed by atoms with Crippen molar-refractivity contribution in [1.82, 2.24) is 10.2 Å². The second kappa shape index (κ2) is 5.08. The van der Waals surface area contributed by atoms with E-state index >= 15 is 0 Å². The lowest BCUT2D eigenvalue weighted by Gasteiger charge is -2.28. The highest BCUT2D eigenvalue weighted by molar-refractivity contribution is 5.94. The van der Waals surface area contributed by atoms with Crippen LogP contribution < -0.4 is 5.32 Å². The molecule has 0 aromatic heterocycles. The van der Waals surface area contributed by atoms with Gasteiger partial charge in [-0.3, -0.25) is 4.79 Å². The number of benzene rings is 1. The number of nitrogens with one attached hydrogen (secondary N) is 1. The Bertz CT molecular complexity index is 422. The summed E-state index contributed by atoms with van der Waals surface area (Å²) in [5.74, 6) is -0.0460. The molecule has 1 atom stereocenters. The van der Waals surface area contributed by atoms with Crippen molar-refractivity contribution >= 4 is 5.91 Å². The van der Waals surface area contributed by atoms with E-state index in [0.29, 0.717) is 25.1 Å². The van der Waals surface area contributed by atoms with Crippen molar-refractivity contribution in [1.29, 1.82) is 0 Å². The largest absolute Gasteiger partial charge is 0.387 e. The van der Waals surface area contributed by atoms with Gasteiger partial charge in [-0.1, -0.05) is 17.7 Å². The molecule has 2 rings (SSSR count). The standard InChI is InChI=1S/C14H20N2O2/c1-11-3-5-12(6-4-11)13(17)16(2)10-14(18)7-8-15-9-14/h3-6,15,18H,7-10H2,1-2H3. The number of carbonyl (C=O) groups is 1. The Kier molecular flexibility index (Phi) is 3.68. The Morgan fingerprint density at radius 2 is 2.11 bits per heavy atom. The van der Waals surface area contributed by atoms with Crippen molar-refractivity contribution in [3.63, 3.8) is 0 Å². The van der Waals surface area contributed by atoms with Crippen LogP contribution in [-0.4, -0.2) is 48.2 Å². The van der Waals surface area contributed by atoms with Gasteiger partial charge in [0.15, 0.2) is 0 Å². The van der Waals surface area contributed by atoms with Crippen LogP contribution in [0.3, 0.4) is 0 Å². The molecule has 0 spiro atoms. The number of hydrogen-bond donors (Lipinski definition) is 2.